The molecule has 0 aliphatic carbocycles. The maximum atomic E-state index is 4.96. The van der Waals surface area contributed by atoms with E-state index in [1.54, 1.807) is 3.58 Å². The average Bonchev–Trinajstić information content (AvgIpc) is 3.54. The van der Waals surface area contributed by atoms with Gasteiger partial charge in [0.25, 0.3) is 0 Å². The molecule has 3 heterocycles. The molecule has 0 aliphatic heterocycles. The first-order valence-corrected chi connectivity index (χ1v) is 20.4. The Kier molecular flexibility index (Phi) is 8.34. The number of aromatic nitrogens is 3. The first kappa shape index (κ1) is 24.1. The van der Waals surface area contributed by atoms with Gasteiger partial charge in [-0.2, -0.15) is 0 Å². The molecule has 4 aromatic rings. The van der Waals surface area contributed by atoms with Crippen molar-refractivity contribution in [3.63, 3.8) is 0 Å². The van der Waals surface area contributed by atoms with Crippen LogP contribution in [0, 0.1) is 0 Å². The van der Waals surface area contributed by atoms with Crippen molar-refractivity contribution in [2.24, 2.45) is 0 Å². The number of rotatable bonds is 12. The predicted molar refractivity (Wildman–Crippen MR) is 144 cm³/mol. The molecule has 3 aromatic heterocycles. The molecule has 0 aliphatic rings. The van der Waals surface area contributed by atoms with E-state index in [0.717, 1.165) is 11.3 Å². The zero-order valence-electron chi connectivity index (χ0n) is 20.6. The van der Waals surface area contributed by atoms with Crippen molar-refractivity contribution in [3.05, 3.63) is 73.3 Å². The van der Waals surface area contributed by atoms with Crippen LogP contribution in [-0.4, -0.2) is 32.3 Å². The molecule has 0 saturated carbocycles. The van der Waals surface area contributed by atoms with E-state index in [1.807, 2.05) is 0 Å². The first-order chi connectivity index (χ1) is 16.2. The van der Waals surface area contributed by atoms with Gasteiger partial charge in [-0.25, -0.2) is 0 Å². The predicted octanol–water partition coefficient (Wildman–Crippen LogP) is 7.85. The van der Waals surface area contributed by atoms with Crippen LogP contribution < -0.4 is 3.58 Å². The third-order valence-electron chi connectivity index (χ3n) is 7.16. The average molecular weight is 548 g/mol. The Morgan fingerprint density at radius 3 is 1.91 bits per heavy atom. The fourth-order valence-corrected chi connectivity index (χ4v) is 21.0. The second kappa shape index (κ2) is 11.4. The molecule has 0 bridgehead atoms. The number of benzene rings is 1. The maximum absolute atomic E-state index is 4.96. The van der Waals surface area contributed by atoms with Gasteiger partial charge in [0.15, 0.2) is 0 Å². The third kappa shape index (κ3) is 5.56. The van der Waals surface area contributed by atoms with Crippen molar-refractivity contribution >= 4 is 27.6 Å². The van der Waals surface area contributed by atoms with Crippen LogP contribution >= 0.6 is 0 Å². The number of hydrogen-bond donors (Lipinski definition) is 0. The Morgan fingerprint density at radius 2 is 1.33 bits per heavy atom. The second-order valence-corrected chi connectivity index (χ2v) is 22.8. The van der Waals surface area contributed by atoms with E-state index in [2.05, 4.69) is 103 Å². The van der Waals surface area contributed by atoms with Gasteiger partial charge in [-0.1, -0.05) is 0 Å². The molecule has 0 spiro atoms. The normalized spacial score (nSPS) is 12.0. The summed E-state index contributed by atoms with van der Waals surface area (Å²) in [6, 6.07) is 17.6. The number of imidazole rings is 1. The van der Waals surface area contributed by atoms with Crippen LogP contribution in [0.2, 0.25) is 13.3 Å². The SMILES string of the molecule is CCC[CH2][Sn]([CH2]CCC)([CH2]CCC)[c]1ccc2nc(-c3ccc(-n4cccc4)cc3)cn2c1. The van der Waals surface area contributed by atoms with E-state index in [9.17, 15) is 0 Å². The molecule has 0 unspecified atom stereocenters. The molecule has 0 radical (unpaired) electrons. The van der Waals surface area contributed by atoms with Gasteiger partial charge in [-0.05, 0) is 0 Å². The van der Waals surface area contributed by atoms with Crippen molar-refractivity contribution in [3.8, 4) is 16.9 Å². The van der Waals surface area contributed by atoms with Crippen molar-refractivity contribution < 1.29 is 0 Å². The second-order valence-electron chi connectivity index (χ2n) is 9.54. The monoisotopic (exact) mass is 549 g/mol. The van der Waals surface area contributed by atoms with Crippen LogP contribution in [-0.2, 0) is 0 Å². The fraction of sp³-hybridized carbons (Fsp3) is 0.414. The number of pyridine rings is 1. The zero-order valence-corrected chi connectivity index (χ0v) is 23.5. The summed E-state index contributed by atoms with van der Waals surface area (Å²) < 4.78 is 10.6. The molecule has 0 atom stereocenters. The Morgan fingerprint density at radius 1 is 0.727 bits per heavy atom. The standard InChI is InChI=1S/C17H12N3.3C4H9.Sn/c1-2-12-20-13-16(18-17(20)5-1)14-6-8-15(9-7-14)19-10-3-4-11-19;3*1-3-4-2;/h1,3-13H;3*1,3-4H2,2H3;. The van der Waals surface area contributed by atoms with Crippen LogP contribution in [0.4, 0.5) is 0 Å². The van der Waals surface area contributed by atoms with Crippen molar-refractivity contribution in [2.75, 3.05) is 0 Å². The quantitative estimate of drug-likeness (QED) is 0.165. The van der Waals surface area contributed by atoms with Gasteiger partial charge < -0.3 is 0 Å². The molecule has 0 saturated heterocycles. The summed E-state index contributed by atoms with van der Waals surface area (Å²) in [5.74, 6) is 0. The topological polar surface area (TPSA) is 22.2 Å². The Bertz CT molecular complexity index is 1100. The summed E-state index contributed by atoms with van der Waals surface area (Å²) in [6.45, 7) is 7.05. The molecule has 0 fully saturated rings. The van der Waals surface area contributed by atoms with E-state index in [4.69, 9.17) is 4.98 Å². The van der Waals surface area contributed by atoms with E-state index < -0.39 is 18.4 Å². The van der Waals surface area contributed by atoms with Gasteiger partial charge in [-0.15, -0.1) is 0 Å². The van der Waals surface area contributed by atoms with Crippen molar-refractivity contribution in [2.45, 2.75) is 72.6 Å². The van der Waals surface area contributed by atoms with E-state index in [-0.39, 0.29) is 0 Å². The van der Waals surface area contributed by atoms with E-state index >= 15 is 0 Å². The van der Waals surface area contributed by atoms with Crippen LogP contribution in [0.25, 0.3) is 22.6 Å². The van der Waals surface area contributed by atoms with E-state index in [0.29, 0.717) is 0 Å². The zero-order chi connectivity index (χ0) is 23.1. The van der Waals surface area contributed by atoms with Crippen LogP contribution in [0.15, 0.2) is 73.3 Å². The number of hydrogen-bond acceptors (Lipinski definition) is 1. The Hall–Kier alpha value is -2.01. The van der Waals surface area contributed by atoms with Crippen LogP contribution in [0.3, 0.4) is 0 Å². The number of unbranched alkanes of at least 4 members (excludes halogenated alkanes) is 3. The van der Waals surface area contributed by atoms with Gasteiger partial charge >= 0.3 is 204 Å². The molecule has 0 amide bonds. The molecular formula is C29H39N3Sn. The van der Waals surface area contributed by atoms with Gasteiger partial charge in [0, 0.05) is 0 Å². The molecule has 4 rings (SSSR count). The van der Waals surface area contributed by atoms with Gasteiger partial charge in [0.05, 0.1) is 0 Å². The third-order valence-corrected chi connectivity index (χ3v) is 22.7. The first-order valence-electron chi connectivity index (χ1n) is 12.9. The minimum atomic E-state index is -2.43. The number of nitrogens with zero attached hydrogens (tertiary/aromatic N) is 3. The molecule has 3 nitrogen and oxygen atoms in total. The fourth-order valence-electron chi connectivity index (χ4n) is 5.11. The summed E-state index contributed by atoms with van der Waals surface area (Å²) in [4.78, 5) is 4.96. The van der Waals surface area contributed by atoms with Crippen molar-refractivity contribution in [1.82, 2.24) is 14.0 Å². The summed E-state index contributed by atoms with van der Waals surface area (Å²) >= 11 is -2.43. The summed E-state index contributed by atoms with van der Waals surface area (Å²) in [6.07, 6.45) is 17.0. The minimum absolute atomic E-state index is 1.06. The van der Waals surface area contributed by atoms with Crippen LogP contribution in [0.1, 0.15) is 59.3 Å². The molecule has 4 heteroatoms. The molecule has 0 N–H and O–H groups in total. The molecular weight excluding hydrogens is 509 g/mol. The molecule has 1 aromatic carbocycles. The van der Waals surface area contributed by atoms with Crippen molar-refractivity contribution in [1.29, 1.82) is 0 Å². The molecule has 33 heavy (non-hydrogen) atoms. The van der Waals surface area contributed by atoms with Gasteiger partial charge in [-0.3, -0.25) is 0 Å². The number of fused-ring (bicyclic) bond motifs is 1. The van der Waals surface area contributed by atoms with Gasteiger partial charge in [0.2, 0.25) is 0 Å². The Balaban J connectivity index is 1.66. The van der Waals surface area contributed by atoms with Gasteiger partial charge in [0.1, 0.15) is 0 Å². The van der Waals surface area contributed by atoms with Crippen LogP contribution in [0.5, 0.6) is 0 Å². The Labute approximate surface area is 203 Å². The summed E-state index contributed by atoms with van der Waals surface area (Å²) in [5, 5.41) is 0. The summed E-state index contributed by atoms with van der Waals surface area (Å²) in [7, 11) is 0. The summed E-state index contributed by atoms with van der Waals surface area (Å²) in [5.41, 5.74) is 4.47. The van der Waals surface area contributed by atoms with E-state index in [1.165, 1.54) is 63.1 Å². The molecule has 174 valence electrons.